The highest BCUT2D eigenvalue weighted by Crippen LogP contribution is 2.26. The average molecular weight is 357 g/mol. The fraction of sp³-hybridized carbons (Fsp3) is 0.619. The maximum absolute atomic E-state index is 12.6. The van der Waals surface area contributed by atoms with Crippen molar-refractivity contribution in [2.75, 3.05) is 20.6 Å². The van der Waals surface area contributed by atoms with Crippen molar-refractivity contribution in [1.82, 2.24) is 20.0 Å². The molecule has 0 spiro atoms. The van der Waals surface area contributed by atoms with Crippen LogP contribution in [0.3, 0.4) is 0 Å². The highest BCUT2D eigenvalue weighted by atomic mass is 16.2. The van der Waals surface area contributed by atoms with Gasteiger partial charge in [0.25, 0.3) is 5.91 Å². The summed E-state index contributed by atoms with van der Waals surface area (Å²) in [6, 6.07) is 0.432. The number of nitrogens with zero attached hydrogens (tertiary/aromatic N) is 3. The SMILES string of the molecule is C=CCn1nc(C(=O)N(C)C)c2c1CCC(NCCC1=CCCCC1)C2. The molecule has 0 aromatic carbocycles. The fourth-order valence-electron chi connectivity index (χ4n) is 4.09. The number of fused-ring (bicyclic) bond motifs is 1. The normalized spacial score (nSPS) is 19.6. The van der Waals surface area contributed by atoms with Gasteiger partial charge < -0.3 is 10.2 Å². The standard InChI is InChI=1S/C21H32N4O/c1-4-14-25-19-11-10-17(22-13-12-16-8-6-5-7-9-16)15-18(19)20(23-25)21(26)24(2)3/h4,8,17,22H,1,5-7,9-15H2,2-3H3. The molecule has 1 amide bonds. The van der Waals surface area contributed by atoms with E-state index >= 15 is 0 Å². The molecular formula is C21H32N4O. The Labute approximate surface area is 157 Å². The number of allylic oxidation sites excluding steroid dienone is 2. The first-order valence-corrected chi connectivity index (χ1v) is 9.92. The number of rotatable bonds is 7. The first-order chi connectivity index (χ1) is 12.6. The molecule has 5 nitrogen and oxygen atoms in total. The minimum atomic E-state index is -0.00271. The molecule has 0 bridgehead atoms. The van der Waals surface area contributed by atoms with Gasteiger partial charge in [0, 0.05) is 31.4 Å². The zero-order chi connectivity index (χ0) is 18.5. The molecule has 3 rings (SSSR count). The minimum Gasteiger partial charge on any atom is -0.343 e. The van der Waals surface area contributed by atoms with E-state index in [9.17, 15) is 4.79 Å². The van der Waals surface area contributed by atoms with Gasteiger partial charge >= 0.3 is 0 Å². The molecule has 1 atom stereocenters. The molecule has 1 unspecified atom stereocenters. The lowest BCUT2D eigenvalue weighted by Crippen LogP contribution is -2.36. The van der Waals surface area contributed by atoms with Crippen LogP contribution < -0.4 is 5.32 Å². The van der Waals surface area contributed by atoms with Crippen LogP contribution in [-0.2, 0) is 19.4 Å². The Balaban J connectivity index is 1.66. The Morgan fingerprint density at radius 3 is 2.96 bits per heavy atom. The van der Waals surface area contributed by atoms with Gasteiger partial charge in [-0.1, -0.05) is 17.7 Å². The average Bonchev–Trinajstić information content (AvgIpc) is 3.00. The first kappa shape index (κ1) is 18.9. The number of hydrogen-bond acceptors (Lipinski definition) is 3. The molecule has 5 heteroatoms. The van der Waals surface area contributed by atoms with Crippen molar-refractivity contribution in [3.05, 3.63) is 41.3 Å². The van der Waals surface area contributed by atoms with Crippen LogP contribution in [0.4, 0.5) is 0 Å². The third-order valence-electron chi connectivity index (χ3n) is 5.52. The molecule has 0 saturated heterocycles. The van der Waals surface area contributed by atoms with Crippen molar-refractivity contribution in [1.29, 1.82) is 0 Å². The summed E-state index contributed by atoms with van der Waals surface area (Å²) < 4.78 is 1.96. The van der Waals surface area contributed by atoms with Crippen molar-refractivity contribution < 1.29 is 4.79 Å². The summed E-state index contributed by atoms with van der Waals surface area (Å²) in [5.41, 5.74) is 4.57. The summed E-state index contributed by atoms with van der Waals surface area (Å²) in [7, 11) is 3.58. The van der Waals surface area contributed by atoms with Gasteiger partial charge in [0.1, 0.15) is 0 Å². The summed E-state index contributed by atoms with van der Waals surface area (Å²) in [6.07, 6.45) is 13.6. The van der Waals surface area contributed by atoms with Gasteiger partial charge in [-0.25, -0.2) is 0 Å². The molecule has 26 heavy (non-hydrogen) atoms. The lowest BCUT2D eigenvalue weighted by atomic mass is 9.90. The van der Waals surface area contributed by atoms with E-state index in [0.717, 1.165) is 37.8 Å². The number of aromatic nitrogens is 2. The molecule has 1 aromatic heterocycles. The quantitative estimate of drug-likeness (QED) is 0.764. The molecule has 1 N–H and O–H groups in total. The van der Waals surface area contributed by atoms with Gasteiger partial charge in [0.2, 0.25) is 0 Å². The zero-order valence-corrected chi connectivity index (χ0v) is 16.3. The Bertz CT molecular complexity index is 686. The van der Waals surface area contributed by atoms with Gasteiger partial charge in [0.05, 0.1) is 6.54 Å². The van der Waals surface area contributed by atoms with E-state index < -0.39 is 0 Å². The van der Waals surface area contributed by atoms with E-state index in [1.165, 1.54) is 31.4 Å². The molecule has 0 fully saturated rings. The molecule has 2 aliphatic rings. The second kappa shape index (κ2) is 8.67. The van der Waals surface area contributed by atoms with Gasteiger partial charge in [-0.15, -0.1) is 6.58 Å². The van der Waals surface area contributed by atoms with Crippen molar-refractivity contribution in [3.8, 4) is 0 Å². The molecule has 1 heterocycles. The molecular weight excluding hydrogens is 324 g/mol. The van der Waals surface area contributed by atoms with Crippen LogP contribution in [-0.4, -0.2) is 47.3 Å². The van der Waals surface area contributed by atoms with Crippen molar-refractivity contribution in [2.45, 2.75) is 64.0 Å². The molecule has 1 aromatic rings. The third-order valence-corrected chi connectivity index (χ3v) is 5.52. The minimum absolute atomic E-state index is 0.00271. The highest BCUT2D eigenvalue weighted by molar-refractivity contribution is 5.93. The molecule has 0 saturated carbocycles. The maximum atomic E-state index is 12.6. The van der Waals surface area contributed by atoms with Crippen LogP contribution in [0.15, 0.2) is 24.3 Å². The second-order valence-electron chi connectivity index (χ2n) is 7.70. The van der Waals surface area contributed by atoms with E-state index in [1.54, 1.807) is 24.6 Å². The largest absolute Gasteiger partial charge is 0.343 e. The number of carbonyl (C=O) groups is 1. The number of carbonyl (C=O) groups excluding carboxylic acids is 1. The predicted octanol–water partition coefficient (Wildman–Crippen LogP) is 3.11. The summed E-state index contributed by atoms with van der Waals surface area (Å²) in [4.78, 5) is 14.2. The van der Waals surface area contributed by atoms with E-state index in [4.69, 9.17) is 0 Å². The van der Waals surface area contributed by atoms with E-state index in [1.807, 2.05) is 10.8 Å². The molecule has 0 aliphatic heterocycles. The Kier molecular flexibility index (Phi) is 6.30. The van der Waals surface area contributed by atoms with Gasteiger partial charge in [-0.2, -0.15) is 5.10 Å². The summed E-state index contributed by atoms with van der Waals surface area (Å²) >= 11 is 0. The van der Waals surface area contributed by atoms with Gasteiger partial charge in [0.15, 0.2) is 5.69 Å². The first-order valence-electron chi connectivity index (χ1n) is 9.92. The fourth-order valence-corrected chi connectivity index (χ4v) is 4.09. The van der Waals surface area contributed by atoms with Gasteiger partial charge in [-0.05, 0) is 57.9 Å². The van der Waals surface area contributed by atoms with E-state index in [0.29, 0.717) is 18.3 Å². The van der Waals surface area contributed by atoms with Gasteiger partial charge in [-0.3, -0.25) is 9.48 Å². The van der Waals surface area contributed by atoms with Crippen molar-refractivity contribution in [2.24, 2.45) is 0 Å². The monoisotopic (exact) mass is 356 g/mol. The molecule has 142 valence electrons. The summed E-state index contributed by atoms with van der Waals surface area (Å²) in [5.74, 6) is -0.00271. The van der Waals surface area contributed by atoms with Crippen LogP contribution in [0, 0.1) is 0 Å². The van der Waals surface area contributed by atoms with E-state index in [2.05, 4.69) is 23.1 Å². The van der Waals surface area contributed by atoms with Crippen LogP contribution in [0.25, 0.3) is 0 Å². The number of hydrogen-bond donors (Lipinski definition) is 1. The van der Waals surface area contributed by atoms with Crippen LogP contribution in [0.5, 0.6) is 0 Å². The number of amides is 1. The number of nitrogens with one attached hydrogen (secondary N) is 1. The zero-order valence-electron chi connectivity index (χ0n) is 16.3. The Morgan fingerprint density at radius 2 is 2.27 bits per heavy atom. The van der Waals surface area contributed by atoms with Crippen molar-refractivity contribution >= 4 is 5.91 Å². The van der Waals surface area contributed by atoms with Crippen LogP contribution in [0.2, 0.25) is 0 Å². The lowest BCUT2D eigenvalue weighted by molar-refractivity contribution is 0.0820. The van der Waals surface area contributed by atoms with Crippen molar-refractivity contribution in [3.63, 3.8) is 0 Å². The maximum Gasteiger partial charge on any atom is 0.274 e. The Hall–Kier alpha value is -1.88. The Morgan fingerprint density at radius 1 is 1.42 bits per heavy atom. The second-order valence-corrected chi connectivity index (χ2v) is 7.70. The van der Waals surface area contributed by atoms with E-state index in [-0.39, 0.29) is 5.91 Å². The molecule has 2 aliphatic carbocycles. The summed E-state index contributed by atoms with van der Waals surface area (Å²) in [5, 5.41) is 8.33. The smallest absolute Gasteiger partial charge is 0.274 e. The highest BCUT2D eigenvalue weighted by Gasteiger charge is 2.29. The predicted molar refractivity (Wildman–Crippen MR) is 105 cm³/mol. The third kappa shape index (κ3) is 4.26. The van der Waals surface area contributed by atoms with Crippen LogP contribution in [0.1, 0.15) is 60.3 Å². The summed E-state index contributed by atoms with van der Waals surface area (Å²) in [6.45, 7) is 5.51. The molecule has 0 radical (unpaired) electrons. The topological polar surface area (TPSA) is 50.2 Å². The van der Waals surface area contributed by atoms with Crippen LogP contribution >= 0.6 is 0 Å². The lowest BCUT2D eigenvalue weighted by Gasteiger charge is -2.25.